The van der Waals surface area contributed by atoms with Crippen LogP contribution in [0.3, 0.4) is 0 Å². The number of nitrogens with one attached hydrogen (secondary N) is 3. The Hall–Kier alpha value is -3.13. The number of ether oxygens (including phenoxy) is 2. The van der Waals surface area contributed by atoms with E-state index in [9.17, 15) is 9.59 Å². The summed E-state index contributed by atoms with van der Waals surface area (Å²) >= 11 is 5.24. The van der Waals surface area contributed by atoms with E-state index >= 15 is 0 Å². The molecule has 0 aliphatic carbocycles. The molecule has 0 heterocycles. The zero-order valence-corrected chi connectivity index (χ0v) is 18.2. The number of amides is 2. The van der Waals surface area contributed by atoms with Gasteiger partial charge in [0.25, 0.3) is 5.91 Å². The maximum Gasteiger partial charge on any atom is 0.257 e. The Morgan fingerprint density at radius 3 is 1.90 bits per heavy atom. The molecule has 0 bridgehead atoms. The third kappa shape index (κ3) is 7.36. The van der Waals surface area contributed by atoms with Crippen molar-refractivity contribution in [1.82, 2.24) is 5.32 Å². The van der Waals surface area contributed by atoms with E-state index in [0.717, 1.165) is 6.42 Å². The van der Waals surface area contributed by atoms with E-state index in [2.05, 4.69) is 16.0 Å². The van der Waals surface area contributed by atoms with Crippen LogP contribution in [0.5, 0.6) is 11.5 Å². The van der Waals surface area contributed by atoms with Crippen LogP contribution in [0, 0.1) is 0 Å². The van der Waals surface area contributed by atoms with Crippen molar-refractivity contribution in [3.63, 3.8) is 0 Å². The first-order valence-electron chi connectivity index (χ1n) is 9.88. The van der Waals surface area contributed by atoms with Crippen molar-refractivity contribution in [2.45, 2.75) is 33.6 Å². The van der Waals surface area contributed by atoms with Gasteiger partial charge in [0.1, 0.15) is 11.5 Å². The molecule has 30 heavy (non-hydrogen) atoms. The van der Waals surface area contributed by atoms with Crippen LogP contribution >= 0.6 is 12.2 Å². The molecule has 0 unspecified atom stereocenters. The minimum Gasteiger partial charge on any atom is -0.494 e. The molecular weight excluding hydrogens is 402 g/mol. The van der Waals surface area contributed by atoms with Crippen molar-refractivity contribution in [2.24, 2.45) is 0 Å². The van der Waals surface area contributed by atoms with Gasteiger partial charge in [-0.1, -0.05) is 6.92 Å². The van der Waals surface area contributed by atoms with Gasteiger partial charge in [-0.3, -0.25) is 14.9 Å². The number of anilines is 2. The summed E-state index contributed by atoms with van der Waals surface area (Å²) in [5.41, 5.74) is 1.76. The van der Waals surface area contributed by atoms with E-state index < -0.39 is 0 Å². The molecule has 7 nitrogen and oxygen atoms in total. The lowest BCUT2D eigenvalue weighted by Crippen LogP contribution is -2.34. The summed E-state index contributed by atoms with van der Waals surface area (Å²) in [5.74, 6) is 0.696. The van der Waals surface area contributed by atoms with Crippen molar-refractivity contribution in [2.75, 3.05) is 23.8 Å². The number of carbonyl (C=O) groups is 2. The Labute approximate surface area is 182 Å². The van der Waals surface area contributed by atoms with Crippen molar-refractivity contribution >= 4 is 40.5 Å². The van der Waals surface area contributed by atoms with E-state index in [4.69, 9.17) is 21.7 Å². The highest BCUT2D eigenvalue weighted by molar-refractivity contribution is 7.80. The van der Waals surface area contributed by atoms with E-state index in [1.807, 2.05) is 20.8 Å². The van der Waals surface area contributed by atoms with E-state index in [-0.39, 0.29) is 16.9 Å². The minimum absolute atomic E-state index is 0.0262. The predicted molar refractivity (Wildman–Crippen MR) is 122 cm³/mol. The SMILES string of the molecule is CCCC(=O)Nc1ccc(NC(=S)NC(=O)c2cc(OCC)cc(OCC)c2)cc1. The summed E-state index contributed by atoms with van der Waals surface area (Å²) in [6.45, 7) is 6.64. The van der Waals surface area contributed by atoms with E-state index in [1.165, 1.54) is 0 Å². The highest BCUT2D eigenvalue weighted by atomic mass is 32.1. The number of rotatable bonds is 9. The van der Waals surface area contributed by atoms with E-state index in [0.29, 0.717) is 48.1 Å². The van der Waals surface area contributed by atoms with Crippen LogP contribution in [0.4, 0.5) is 11.4 Å². The first-order valence-corrected chi connectivity index (χ1v) is 10.3. The topological polar surface area (TPSA) is 88.7 Å². The first-order chi connectivity index (χ1) is 14.4. The molecular formula is C22H27N3O4S. The molecule has 0 atom stereocenters. The molecule has 0 fully saturated rings. The zero-order valence-electron chi connectivity index (χ0n) is 17.4. The van der Waals surface area contributed by atoms with Gasteiger partial charge < -0.3 is 20.1 Å². The summed E-state index contributed by atoms with van der Waals surface area (Å²) in [6, 6.07) is 12.1. The Bertz CT molecular complexity index is 860. The summed E-state index contributed by atoms with van der Waals surface area (Å²) in [7, 11) is 0. The van der Waals surface area contributed by atoms with Crippen LogP contribution in [0.2, 0.25) is 0 Å². The van der Waals surface area contributed by atoms with Crippen LogP contribution in [0.1, 0.15) is 44.0 Å². The van der Waals surface area contributed by atoms with Gasteiger partial charge >= 0.3 is 0 Å². The summed E-state index contributed by atoms with van der Waals surface area (Å²) < 4.78 is 11.0. The Kier molecular flexibility index (Phi) is 9.08. The molecule has 0 saturated carbocycles. The van der Waals surface area contributed by atoms with Crippen molar-refractivity contribution in [3.8, 4) is 11.5 Å². The molecule has 0 spiro atoms. The van der Waals surface area contributed by atoms with Crippen LogP contribution < -0.4 is 25.4 Å². The van der Waals surface area contributed by atoms with Gasteiger partial charge in [-0.25, -0.2) is 0 Å². The molecule has 2 amide bonds. The summed E-state index contributed by atoms with van der Waals surface area (Å²) in [4.78, 5) is 24.2. The molecule has 0 aliphatic rings. The maximum absolute atomic E-state index is 12.6. The number of hydrogen-bond acceptors (Lipinski definition) is 5. The van der Waals surface area contributed by atoms with Crippen molar-refractivity contribution < 1.29 is 19.1 Å². The average molecular weight is 430 g/mol. The highest BCUT2D eigenvalue weighted by Gasteiger charge is 2.12. The quantitative estimate of drug-likeness (QED) is 0.514. The van der Waals surface area contributed by atoms with Crippen LogP contribution in [0.15, 0.2) is 42.5 Å². The first kappa shape index (κ1) is 23.2. The zero-order chi connectivity index (χ0) is 21.9. The van der Waals surface area contributed by atoms with Gasteiger partial charge in [0.2, 0.25) is 5.91 Å². The van der Waals surface area contributed by atoms with Crippen molar-refractivity contribution in [3.05, 3.63) is 48.0 Å². The molecule has 0 radical (unpaired) electrons. The lowest BCUT2D eigenvalue weighted by atomic mass is 10.2. The molecule has 160 valence electrons. The van der Waals surface area contributed by atoms with E-state index in [1.54, 1.807) is 42.5 Å². The molecule has 0 aliphatic heterocycles. The van der Waals surface area contributed by atoms with Gasteiger partial charge in [-0.15, -0.1) is 0 Å². The monoisotopic (exact) mass is 429 g/mol. The molecule has 8 heteroatoms. The fourth-order valence-corrected chi connectivity index (χ4v) is 2.84. The second kappa shape index (κ2) is 11.8. The number of hydrogen-bond donors (Lipinski definition) is 3. The standard InChI is InChI=1S/C22H27N3O4S/c1-4-7-20(26)23-16-8-10-17(11-9-16)24-22(30)25-21(27)15-12-18(28-5-2)14-19(13-15)29-6-3/h8-14H,4-7H2,1-3H3,(H,23,26)(H2,24,25,27,30). The molecule has 0 saturated heterocycles. The molecule has 0 aromatic heterocycles. The number of thiocarbonyl (C=S) groups is 1. The maximum atomic E-state index is 12.6. The largest absolute Gasteiger partial charge is 0.494 e. The second-order valence-corrected chi connectivity index (χ2v) is 6.75. The van der Waals surface area contributed by atoms with Crippen molar-refractivity contribution in [1.29, 1.82) is 0 Å². The second-order valence-electron chi connectivity index (χ2n) is 6.34. The van der Waals surface area contributed by atoms with Crippen LogP contribution in [-0.2, 0) is 4.79 Å². The van der Waals surface area contributed by atoms with Gasteiger partial charge in [-0.05, 0) is 68.9 Å². The highest BCUT2D eigenvalue weighted by Crippen LogP contribution is 2.23. The van der Waals surface area contributed by atoms with Gasteiger partial charge in [0.05, 0.1) is 13.2 Å². The van der Waals surface area contributed by atoms with Gasteiger partial charge in [0, 0.05) is 29.4 Å². The third-order valence-corrected chi connectivity index (χ3v) is 4.10. The fraction of sp³-hybridized carbons (Fsp3) is 0.318. The lowest BCUT2D eigenvalue weighted by Gasteiger charge is -2.13. The summed E-state index contributed by atoms with van der Waals surface area (Å²) in [5, 5.41) is 8.57. The molecule has 3 N–H and O–H groups in total. The predicted octanol–water partition coefficient (Wildman–Crippen LogP) is 4.35. The number of carbonyl (C=O) groups excluding carboxylic acids is 2. The van der Waals surface area contributed by atoms with Gasteiger partial charge in [-0.2, -0.15) is 0 Å². The molecule has 2 aromatic carbocycles. The van der Waals surface area contributed by atoms with Crippen LogP contribution in [0.25, 0.3) is 0 Å². The fourth-order valence-electron chi connectivity index (χ4n) is 2.63. The van der Waals surface area contributed by atoms with Crippen LogP contribution in [-0.4, -0.2) is 30.1 Å². The summed E-state index contributed by atoms with van der Waals surface area (Å²) in [6.07, 6.45) is 1.27. The number of benzene rings is 2. The molecule has 2 aromatic rings. The third-order valence-electron chi connectivity index (χ3n) is 3.89. The smallest absolute Gasteiger partial charge is 0.257 e. The normalized spacial score (nSPS) is 10.1. The lowest BCUT2D eigenvalue weighted by molar-refractivity contribution is -0.116. The minimum atomic E-state index is -0.376. The Morgan fingerprint density at radius 2 is 1.40 bits per heavy atom. The molecule has 2 rings (SSSR count). The van der Waals surface area contributed by atoms with Gasteiger partial charge in [0.15, 0.2) is 5.11 Å². The average Bonchev–Trinajstić information content (AvgIpc) is 2.70. The Morgan fingerprint density at radius 1 is 0.867 bits per heavy atom. The Balaban J connectivity index is 1.99.